The number of aryl methyl sites for hydroxylation is 1. The van der Waals surface area contributed by atoms with Crippen molar-refractivity contribution in [2.45, 2.75) is 19.4 Å². The Bertz CT molecular complexity index is 542. The normalized spacial score (nSPS) is 12.1. The van der Waals surface area contributed by atoms with Crippen molar-refractivity contribution in [3.05, 3.63) is 47.3 Å². The highest BCUT2D eigenvalue weighted by Crippen LogP contribution is 2.06. The summed E-state index contributed by atoms with van der Waals surface area (Å²) in [5.74, 6) is -0.291. The highest BCUT2D eigenvalue weighted by atomic mass is 32.1. The van der Waals surface area contributed by atoms with Gasteiger partial charge in [0.15, 0.2) is 5.69 Å². The number of carbonyl (C=O) groups excluding carboxylic acids is 1. The van der Waals surface area contributed by atoms with Crippen LogP contribution in [0.2, 0.25) is 0 Å². The van der Waals surface area contributed by atoms with E-state index in [1.807, 2.05) is 30.3 Å². The lowest BCUT2D eigenvalue weighted by molar-refractivity contribution is 0.0911. The topological polar surface area (TPSA) is 75.1 Å². The van der Waals surface area contributed by atoms with Crippen LogP contribution in [-0.2, 0) is 6.42 Å². The number of aliphatic hydroxyl groups excluding tert-OH is 1. The maximum atomic E-state index is 12.0. The first-order valence-corrected chi connectivity index (χ1v) is 6.68. The fraction of sp³-hybridized carbons (Fsp3) is 0.308. The lowest BCUT2D eigenvalue weighted by Gasteiger charge is -2.15. The van der Waals surface area contributed by atoms with E-state index in [0.717, 1.165) is 17.3 Å². The highest BCUT2D eigenvalue weighted by Gasteiger charge is 2.17. The first kappa shape index (κ1) is 13.6. The third-order valence-corrected chi connectivity index (χ3v) is 3.37. The highest BCUT2D eigenvalue weighted by molar-refractivity contribution is 6.99. The van der Waals surface area contributed by atoms with Gasteiger partial charge >= 0.3 is 0 Å². The molecule has 100 valence electrons. The van der Waals surface area contributed by atoms with Crippen LogP contribution in [0.3, 0.4) is 0 Å². The van der Waals surface area contributed by atoms with Crippen LogP contribution < -0.4 is 5.32 Å². The van der Waals surface area contributed by atoms with Crippen LogP contribution in [0.15, 0.2) is 30.3 Å². The minimum Gasteiger partial charge on any atom is -0.394 e. The zero-order valence-corrected chi connectivity index (χ0v) is 11.4. The Morgan fingerprint density at radius 1 is 1.37 bits per heavy atom. The molecule has 1 amide bonds. The fourth-order valence-corrected chi connectivity index (χ4v) is 2.30. The molecule has 2 N–H and O–H groups in total. The number of hydrogen-bond acceptors (Lipinski definition) is 5. The standard InChI is InChI=1S/C13H15N3O2S/c1-9-12(16-19-15-9)13(18)14-11(8-17)7-10-5-3-2-4-6-10/h2-6,11,17H,7-8H2,1H3,(H,14,18)/t11-/m1/s1. The Labute approximate surface area is 115 Å². The summed E-state index contributed by atoms with van der Waals surface area (Å²) < 4.78 is 7.91. The van der Waals surface area contributed by atoms with E-state index in [9.17, 15) is 9.90 Å². The maximum Gasteiger partial charge on any atom is 0.273 e. The summed E-state index contributed by atoms with van der Waals surface area (Å²) in [5, 5.41) is 12.1. The number of nitrogens with zero attached hydrogens (tertiary/aromatic N) is 2. The molecule has 0 aliphatic rings. The van der Waals surface area contributed by atoms with Gasteiger partial charge in [0.2, 0.25) is 0 Å². The van der Waals surface area contributed by atoms with Crippen molar-refractivity contribution in [3.8, 4) is 0 Å². The quantitative estimate of drug-likeness (QED) is 0.860. The molecular formula is C13H15N3O2S. The smallest absolute Gasteiger partial charge is 0.273 e. The zero-order valence-electron chi connectivity index (χ0n) is 10.5. The molecule has 1 atom stereocenters. The van der Waals surface area contributed by atoms with Crippen LogP contribution in [0.25, 0.3) is 0 Å². The summed E-state index contributed by atoms with van der Waals surface area (Å²) in [6.07, 6.45) is 0.583. The molecule has 0 saturated heterocycles. The third kappa shape index (κ3) is 3.59. The molecule has 1 heterocycles. The van der Waals surface area contributed by atoms with Crippen LogP contribution >= 0.6 is 11.7 Å². The Morgan fingerprint density at radius 2 is 2.11 bits per heavy atom. The molecule has 0 saturated carbocycles. The number of aliphatic hydroxyl groups is 1. The molecule has 5 nitrogen and oxygen atoms in total. The van der Waals surface area contributed by atoms with Crippen LogP contribution in [0, 0.1) is 6.92 Å². The Balaban J connectivity index is 2.00. The maximum absolute atomic E-state index is 12.0. The number of nitrogens with one attached hydrogen (secondary N) is 1. The first-order valence-electron chi connectivity index (χ1n) is 5.95. The average Bonchev–Trinajstić information content (AvgIpc) is 2.85. The molecular weight excluding hydrogens is 262 g/mol. The molecule has 2 aromatic rings. The molecule has 0 aliphatic heterocycles. The van der Waals surface area contributed by atoms with Gasteiger partial charge in [0.25, 0.3) is 5.91 Å². The molecule has 0 bridgehead atoms. The molecule has 0 unspecified atom stereocenters. The van der Waals surface area contributed by atoms with Gasteiger partial charge in [0.1, 0.15) is 0 Å². The molecule has 1 aromatic heterocycles. The van der Waals surface area contributed by atoms with Gasteiger partial charge in [-0.1, -0.05) is 30.3 Å². The Morgan fingerprint density at radius 3 is 2.68 bits per heavy atom. The van der Waals surface area contributed by atoms with E-state index in [1.165, 1.54) is 0 Å². The first-order chi connectivity index (χ1) is 9.20. The lowest BCUT2D eigenvalue weighted by Crippen LogP contribution is -2.39. The summed E-state index contributed by atoms with van der Waals surface area (Å²) in [4.78, 5) is 12.0. The van der Waals surface area contributed by atoms with Crippen molar-refractivity contribution >= 4 is 17.6 Å². The monoisotopic (exact) mass is 277 g/mol. The van der Waals surface area contributed by atoms with Gasteiger partial charge in [0.05, 0.1) is 30.1 Å². The number of rotatable bonds is 5. The predicted octanol–water partition coefficient (Wildman–Crippen LogP) is 1.18. The van der Waals surface area contributed by atoms with E-state index in [4.69, 9.17) is 0 Å². The van der Waals surface area contributed by atoms with Gasteiger partial charge in [-0.15, -0.1) is 0 Å². The van der Waals surface area contributed by atoms with Gasteiger partial charge in [-0.3, -0.25) is 4.79 Å². The van der Waals surface area contributed by atoms with Gasteiger partial charge in [-0.2, -0.15) is 8.75 Å². The number of hydrogen-bond donors (Lipinski definition) is 2. The molecule has 1 aromatic carbocycles. The van der Waals surface area contributed by atoms with Crippen LogP contribution in [0.5, 0.6) is 0 Å². The average molecular weight is 277 g/mol. The second kappa shape index (κ2) is 6.40. The van der Waals surface area contributed by atoms with Gasteiger partial charge in [-0.05, 0) is 18.9 Å². The molecule has 2 rings (SSSR count). The van der Waals surface area contributed by atoms with Gasteiger partial charge in [0, 0.05) is 0 Å². The van der Waals surface area contributed by atoms with Crippen molar-refractivity contribution in [1.29, 1.82) is 0 Å². The van der Waals surface area contributed by atoms with Crippen molar-refractivity contribution in [2.24, 2.45) is 0 Å². The number of carbonyl (C=O) groups is 1. The minimum absolute atomic E-state index is 0.114. The minimum atomic E-state index is -0.323. The van der Waals surface area contributed by atoms with Gasteiger partial charge in [-0.25, -0.2) is 0 Å². The summed E-state index contributed by atoms with van der Waals surface area (Å²) in [6.45, 7) is 1.63. The van der Waals surface area contributed by atoms with E-state index in [1.54, 1.807) is 6.92 Å². The summed E-state index contributed by atoms with van der Waals surface area (Å²) in [6, 6.07) is 9.39. The van der Waals surface area contributed by atoms with Crippen molar-refractivity contribution < 1.29 is 9.90 Å². The molecule has 19 heavy (non-hydrogen) atoms. The zero-order chi connectivity index (χ0) is 13.7. The summed E-state index contributed by atoms with van der Waals surface area (Å²) in [7, 11) is 0. The lowest BCUT2D eigenvalue weighted by atomic mass is 10.1. The number of benzene rings is 1. The molecule has 0 aliphatic carbocycles. The molecule has 0 spiro atoms. The molecule has 0 radical (unpaired) electrons. The molecule has 6 heteroatoms. The van der Waals surface area contributed by atoms with E-state index in [-0.39, 0.29) is 18.6 Å². The molecule has 0 fully saturated rings. The SMILES string of the molecule is Cc1nsnc1C(=O)N[C@@H](CO)Cc1ccccc1. The second-order valence-electron chi connectivity index (χ2n) is 4.24. The fourth-order valence-electron chi connectivity index (χ4n) is 1.75. The third-order valence-electron chi connectivity index (χ3n) is 2.75. The predicted molar refractivity (Wildman–Crippen MR) is 73.1 cm³/mol. The number of aromatic nitrogens is 2. The number of amides is 1. The van der Waals surface area contributed by atoms with E-state index in [2.05, 4.69) is 14.1 Å². The van der Waals surface area contributed by atoms with Crippen LogP contribution in [0.1, 0.15) is 21.7 Å². The van der Waals surface area contributed by atoms with Crippen molar-refractivity contribution in [1.82, 2.24) is 14.1 Å². The van der Waals surface area contributed by atoms with E-state index < -0.39 is 0 Å². The van der Waals surface area contributed by atoms with Crippen molar-refractivity contribution in [2.75, 3.05) is 6.61 Å². The van der Waals surface area contributed by atoms with E-state index >= 15 is 0 Å². The van der Waals surface area contributed by atoms with Crippen LogP contribution in [-0.4, -0.2) is 32.4 Å². The summed E-state index contributed by atoms with van der Waals surface area (Å²) in [5.41, 5.74) is 2.00. The van der Waals surface area contributed by atoms with Gasteiger partial charge < -0.3 is 10.4 Å². The summed E-state index contributed by atoms with van der Waals surface area (Å²) >= 11 is 1.01. The van der Waals surface area contributed by atoms with Crippen molar-refractivity contribution in [3.63, 3.8) is 0 Å². The Kier molecular flexibility index (Phi) is 4.59. The largest absolute Gasteiger partial charge is 0.394 e. The Hall–Kier alpha value is -1.79. The van der Waals surface area contributed by atoms with Crippen LogP contribution in [0.4, 0.5) is 0 Å². The second-order valence-corrected chi connectivity index (χ2v) is 4.77. The van der Waals surface area contributed by atoms with E-state index in [0.29, 0.717) is 17.8 Å².